The van der Waals surface area contributed by atoms with Crippen LogP contribution >= 0.6 is 0 Å². The van der Waals surface area contributed by atoms with E-state index in [1.54, 1.807) is 6.07 Å². The van der Waals surface area contributed by atoms with E-state index in [4.69, 9.17) is 10.00 Å². The second-order valence-corrected chi connectivity index (χ2v) is 4.85. The number of benzene rings is 1. The van der Waals surface area contributed by atoms with E-state index >= 15 is 0 Å². The molecule has 3 nitrogen and oxygen atoms in total. The van der Waals surface area contributed by atoms with Crippen LogP contribution < -0.4 is 4.90 Å². The number of hydrogen-bond acceptors (Lipinski definition) is 3. The molecule has 0 bridgehead atoms. The van der Waals surface area contributed by atoms with Crippen LogP contribution in [0.4, 0.5) is 10.1 Å². The van der Waals surface area contributed by atoms with E-state index in [9.17, 15) is 4.39 Å². The number of nitriles is 1. The van der Waals surface area contributed by atoms with Crippen molar-refractivity contribution < 1.29 is 9.13 Å². The van der Waals surface area contributed by atoms with E-state index < -0.39 is 0 Å². The minimum absolute atomic E-state index is 0.195. The molecule has 0 aromatic heterocycles. The summed E-state index contributed by atoms with van der Waals surface area (Å²) in [7, 11) is 0. The van der Waals surface area contributed by atoms with Crippen molar-refractivity contribution in [1.29, 1.82) is 5.26 Å². The first-order valence-corrected chi connectivity index (χ1v) is 6.16. The minimum atomic E-state index is -0.373. The minimum Gasteiger partial charge on any atom is -0.372 e. The molecule has 0 radical (unpaired) electrons. The number of morpholine rings is 1. The van der Waals surface area contributed by atoms with Gasteiger partial charge in [0.2, 0.25) is 0 Å². The van der Waals surface area contributed by atoms with Crippen molar-refractivity contribution in [1.82, 2.24) is 0 Å². The quantitative estimate of drug-likeness (QED) is 0.807. The van der Waals surface area contributed by atoms with Gasteiger partial charge in [0.1, 0.15) is 11.9 Å². The number of nitrogens with zero attached hydrogens (tertiary/aromatic N) is 2. The van der Waals surface area contributed by atoms with E-state index in [-0.39, 0.29) is 11.4 Å². The smallest absolute Gasteiger partial charge is 0.124 e. The summed E-state index contributed by atoms with van der Waals surface area (Å²) in [6.45, 7) is 6.24. The topological polar surface area (TPSA) is 36.3 Å². The molecule has 0 saturated carbocycles. The number of halogens is 1. The Hall–Kier alpha value is -1.60. The highest BCUT2D eigenvalue weighted by Crippen LogP contribution is 2.28. The lowest BCUT2D eigenvalue weighted by atomic mass is 10.00. The maximum Gasteiger partial charge on any atom is 0.124 e. The van der Waals surface area contributed by atoms with Gasteiger partial charge in [0.05, 0.1) is 23.5 Å². The largest absolute Gasteiger partial charge is 0.372 e. The van der Waals surface area contributed by atoms with E-state index in [1.807, 2.05) is 0 Å². The van der Waals surface area contributed by atoms with Crippen LogP contribution in [0.5, 0.6) is 0 Å². The molecule has 0 aliphatic carbocycles. The Labute approximate surface area is 107 Å². The summed E-state index contributed by atoms with van der Waals surface area (Å²) in [5.74, 6) is -0.373. The fourth-order valence-electron chi connectivity index (χ4n) is 2.22. The van der Waals surface area contributed by atoms with Crippen LogP contribution in [0.25, 0.3) is 0 Å². The molecule has 0 amide bonds. The zero-order valence-corrected chi connectivity index (χ0v) is 10.7. The lowest BCUT2D eigenvalue weighted by Crippen LogP contribution is -2.50. The Kier molecular flexibility index (Phi) is 3.53. The fraction of sp³-hybridized carbons (Fsp3) is 0.500. The van der Waals surface area contributed by atoms with Gasteiger partial charge >= 0.3 is 0 Å². The highest BCUT2D eigenvalue weighted by Gasteiger charge is 2.31. The van der Waals surface area contributed by atoms with Crippen molar-refractivity contribution in [3.05, 3.63) is 29.6 Å². The summed E-state index contributed by atoms with van der Waals surface area (Å²) in [6.07, 6.45) is 0.909. The lowest BCUT2D eigenvalue weighted by Gasteiger charge is -2.41. The fourth-order valence-corrected chi connectivity index (χ4v) is 2.22. The summed E-state index contributed by atoms with van der Waals surface area (Å²) in [5.41, 5.74) is 0.983. The molecule has 1 heterocycles. The SMILES string of the molecule is CCC1(C)CN(c2ccc(F)cc2C#N)CCO1. The zero-order valence-electron chi connectivity index (χ0n) is 10.7. The van der Waals surface area contributed by atoms with E-state index in [2.05, 4.69) is 24.8 Å². The van der Waals surface area contributed by atoms with Gasteiger partial charge in [-0.25, -0.2) is 4.39 Å². The normalized spacial score (nSPS) is 23.8. The standard InChI is InChI=1S/C14H17FN2O/c1-3-14(2)10-17(6-7-18-14)13-5-4-12(15)8-11(13)9-16/h4-5,8H,3,6-7,10H2,1-2H3. The molecule has 1 aromatic carbocycles. The summed E-state index contributed by atoms with van der Waals surface area (Å²) < 4.78 is 18.9. The Morgan fingerprint density at radius 1 is 1.56 bits per heavy atom. The molecule has 1 atom stereocenters. The highest BCUT2D eigenvalue weighted by molar-refractivity contribution is 5.59. The number of anilines is 1. The van der Waals surface area contributed by atoms with E-state index in [1.165, 1.54) is 12.1 Å². The van der Waals surface area contributed by atoms with E-state index in [0.717, 1.165) is 25.2 Å². The molecule has 1 aliphatic rings. The van der Waals surface area contributed by atoms with Crippen LogP contribution in [0.2, 0.25) is 0 Å². The molecule has 4 heteroatoms. The molecular formula is C14H17FN2O. The number of rotatable bonds is 2. The van der Waals surface area contributed by atoms with Crippen LogP contribution in [0, 0.1) is 17.1 Å². The summed E-state index contributed by atoms with van der Waals surface area (Å²) in [5, 5.41) is 9.09. The van der Waals surface area contributed by atoms with Gasteiger partial charge < -0.3 is 9.64 Å². The third-order valence-electron chi connectivity index (χ3n) is 3.50. The maximum atomic E-state index is 13.1. The van der Waals surface area contributed by atoms with Crippen molar-refractivity contribution >= 4 is 5.69 Å². The van der Waals surface area contributed by atoms with Crippen LogP contribution in [0.1, 0.15) is 25.8 Å². The molecule has 0 N–H and O–H groups in total. The molecule has 18 heavy (non-hydrogen) atoms. The predicted octanol–water partition coefficient (Wildman–Crippen LogP) is 2.70. The first-order valence-electron chi connectivity index (χ1n) is 6.16. The zero-order chi connectivity index (χ0) is 13.2. The summed E-state index contributed by atoms with van der Waals surface area (Å²) >= 11 is 0. The molecule has 96 valence electrons. The van der Waals surface area contributed by atoms with Gasteiger partial charge in [-0.3, -0.25) is 0 Å². The van der Waals surface area contributed by atoms with Crippen molar-refractivity contribution in [2.24, 2.45) is 0 Å². The molecule has 2 rings (SSSR count). The molecule has 1 aromatic rings. The van der Waals surface area contributed by atoms with Crippen molar-refractivity contribution in [2.75, 3.05) is 24.6 Å². The third-order valence-corrected chi connectivity index (χ3v) is 3.50. The van der Waals surface area contributed by atoms with Crippen LogP contribution in [-0.2, 0) is 4.74 Å². The molecular weight excluding hydrogens is 231 g/mol. The van der Waals surface area contributed by atoms with Crippen LogP contribution in [0.15, 0.2) is 18.2 Å². The summed E-state index contributed by atoms with van der Waals surface area (Å²) in [6, 6.07) is 6.42. The van der Waals surface area contributed by atoms with Gasteiger partial charge in [-0.05, 0) is 31.5 Å². The van der Waals surface area contributed by atoms with Gasteiger partial charge in [-0.1, -0.05) is 6.92 Å². The number of ether oxygens (including phenoxy) is 1. The molecule has 1 saturated heterocycles. The Morgan fingerprint density at radius 3 is 3.00 bits per heavy atom. The first-order chi connectivity index (χ1) is 8.58. The summed E-state index contributed by atoms with van der Waals surface area (Å²) in [4.78, 5) is 2.10. The van der Waals surface area contributed by atoms with Gasteiger partial charge in [-0.15, -0.1) is 0 Å². The Balaban J connectivity index is 2.29. The lowest BCUT2D eigenvalue weighted by molar-refractivity contribution is -0.0441. The Bertz CT molecular complexity index is 483. The molecule has 1 unspecified atom stereocenters. The molecule has 1 fully saturated rings. The molecule has 0 spiro atoms. The van der Waals surface area contributed by atoms with Gasteiger partial charge in [0, 0.05) is 13.1 Å². The average Bonchev–Trinajstić information content (AvgIpc) is 2.38. The molecule has 1 aliphatic heterocycles. The maximum absolute atomic E-state index is 13.1. The van der Waals surface area contributed by atoms with Crippen LogP contribution in [-0.4, -0.2) is 25.3 Å². The van der Waals surface area contributed by atoms with Crippen molar-refractivity contribution in [3.8, 4) is 6.07 Å². The predicted molar refractivity (Wildman–Crippen MR) is 68.0 cm³/mol. The second-order valence-electron chi connectivity index (χ2n) is 4.85. The van der Waals surface area contributed by atoms with Crippen molar-refractivity contribution in [3.63, 3.8) is 0 Å². The number of hydrogen-bond donors (Lipinski definition) is 0. The highest BCUT2D eigenvalue weighted by atomic mass is 19.1. The first kappa shape index (κ1) is 12.8. The second kappa shape index (κ2) is 4.95. The average molecular weight is 248 g/mol. The Morgan fingerprint density at radius 2 is 2.33 bits per heavy atom. The monoisotopic (exact) mass is 248 g/mol. The van der Waals surface area contributed by atoms with Crippen molar-refractivity contribution in [2.45, 2.75) is 25.9 Å². The van der Waals surface area contributed by atoms with Gasteiger partial charge in [-0.2, -0.15) is 5.26 Å². The van der Waals surface area contributed by atoms with E-state index in [0.29, 0.717) is 12.2 Å². The van der Waals surface area contributed by atoms with Gasteiger partial charge in [0.15, 0.2) is 0 Å². The van der Waals surface area contributed by atoms with Gasteiger partial charge in [0.25, 0.3) is 0 Å². The van der Waals surface area contributed by atoms with Crippen LogP contribution in [0.3, 0.4) is 0 Å². The third kappa shape index (κ3) is 2.46.